The maximum Gasteiger partial charge on any atom is 0.338 e. The van der Waals surface area contributed by atoms with Gasteiger partial charge >= 0.3 is 17.9 Å². The highest BCUT2D eigenvalue weighted by atomic mass is 32.1. The number of carbonyl (C=O) groups is 3. The largest absolute Gasteiger partial charge is 0.459 e. The van der Waals surface area contributed by atoms with Crippen LogP contribution < -0.4 is 5.56 Å². The molecule has 0 amide bonds. The monoisotopic (exact) mass is 538 g/mol. The number of H-pyrrole nitrogens is 1. The molecule has 2 heterocycles. The lowest BCUT2D eigenvalue weighted by molar-refractivity contribution is -0.156. The fourth-order valence-corrected chi connectivity index (χ4v) is 4.23. The third kappa shape index (κ3) is 6.24. The molecule has 0 spiro atoms. The van der Waals surface area contributed by atoms with Crippen LogP contribution in [0.5, 0.6) is 0 Å². The van der Waals surface area contributed by atoms with Gasteiger partial charge < -0.3 is 18.9 Å². The summed E-state index contributed by atoms with van der Waals surface area (Å²) in [5.74, 6) is -1.95. The van der Waals surface area contributed by atoms with Crippen LogP contribution in [0.3, 0.4) is 0 Å². The molecule has 1 aliphatic rings. The zero-order chi connectivity index (χ0) is 27.4. The van der Waals surface area contributed by atoms with Gasteiger partial charge in [-0.15, -0.1) is 0 Å². The molecule has 11 heteroatoms. The molecule has 1 aromatic heterocycles. The van der Waals surface area contributed by atoms with Gasteiger partial charge in [-0.05, 0) is 50.3 Å². The van der Waals surface area contributed by atoms with E-state index in [-0.39, 0.29) is 16.9 Å². The lowest BCUT2D eigenvalue weighted by Gasteiger charge is -2.24. The van der Waals surface area contributed by atoms with Crippen LogP contribution in [0.4, 0.5) is 0 Å². The van der Waals surface area contributed by atoms with E-state index >= 15 is 0 Å². The van der Waals surface area contributed by atoms with Crippen LogP contribution in [0.2, 0.25) is 0 Å². The molecule has 1 aliphatic heterocycles. The van der Waals surface area contributed by atoms with Gasteiger partial charge in [0.25, 0.3) is 5.56 Å². The molecule has 0 saturated carbocycles. The van der Waals surface area contributed by atoms with Gasteiger partial charge in [-0.25, -0.2) is 9.59 Å². The standard InChI is InChI=1S/C27H26N2O8S/c1-15-4-8-18(9-5-15)25(32)34-14-20-22(37-26(33)19-10-6-16(2)7-11-19)23(35-17(3)30)24(36-20)29-13-12-21(31)28-27(29)38/h4-13,20,22-24H,14H2,1-3H3,(H,28,31,38)/t20-,22-,23-,24-/m1/s1. The van der Waals surface area contributed by atoms with Crippen molar-refractivity contribution >= 4 is 30.1 Å². The lowest BCUT2D eigenvalue weighted by Crippen LogP contribution is -2.41. The molecule has 10 nitrogen and oxygen atoms in total. The average molecular weight is 539 g/mol. The molecular weight excluding hydrogens is 512 g/mol. The fourth-order valence-electron chi connectivity index (χ4n) is 3.97. The predicted molar refractivity (Wildman–Crippen MR) is 137 cm³/mol. The van der Waals surface area contributed by atoms with Crippen molar-refractivity contribution in [3.05, 3.63) is 98.2 Å². The van der Waals surface area contributed by atoms with E-state index in [2.05, 4.69) is 4.98 Å². The summed E-state index contributed by atoms with van der Waals surface area (Å²) >= 11 is 5.27. The number of carbonyl (C=O) groups excluding carboxylic acids is 3. The topological polar surface area (TPSA) is 126 Å². The van der Waals surface area contributed by atoms with Gasteiger partial charge in [-0.1, -0.05) is 35.4 Å². The van der Waals surface area contributed by atoms with Crippen LogP contribution in [0.15, 0.2) is 65.6 Å². The van der Waals surface area contributed by atoms with Crippen LogP contribution in [-0.2, 0) is 23.7 Å². The zero-order valence-electron chi connectivity index (χ0n) is 20.9. The number of aromatic amines is 1. The molecule has 1 fully saturated rings. The summed E-state index contributed by atoms with van der Waals surface area (Å²) in [5.41, 5.74) is 2.11. The van der Waals surface area contributed by atoms with Gasteiger partial charge in [0.05, 0.1) is 11.1 Å². The van der Waals surface area contributed by atoms with Crippen molar-refractivity contribution in [2.24, 2.45) is 0 Å². The number of ether oxygens (including phenoxy) is 4. The smallest absolute Gasteiger partial charge is 0.338 e. The lowest BCUT2D eigenvalue weighted by atomic mass is 10.1. The first kappa shape index (κ1) is 27.0. The Labute approximate surface area is 223 Å². The van der Waals surface area contributed by atoms with Gasteiger partial charge in [0.1, 0.15) is 12.7 Å². The first-order valence-corrected chi connectivity index (χ1v) is 12.2. The van der Waals surface area contributed by atoms with Crippen LogP contribution in [-0.4, -0.2) is 52.4 Å². The molecule has 38 heavy (non-hydrogen) atoms. The molecule has 3 aromatic rings. The van der Waals surface area contributed by atoms with E-state index < -0.39 is 48.0 Å². The molecule has 1 N–H and O–H groups in total. The summed E-state index contributed by atoms with van der Waals surface area (Å²) in [6.07, 6.45) is -3.06. The summed E-state index contributed by atoms with van der Waals surface area (Å²) in [4.78, 5) is 51.9. The van der Waals surface area contributed by atoms with Crippen molar-refractivity contribution in [3.63, 3.8) is 0 Å². The third-order valence-corrected chi connectivity index (χ3v) is 6.22. The molecule has 0 radical (unpaired) electrons. The highest BCUT2D eigenvalue weighted by molar-refractivity contribution is 7.71. The Balaban J connectivity index is 1.65. The molecule has 0 bridgehead atoms. The van der Waals surface area contributed by atoms with Crippen molar-refractivity contribution in [2.75, 3.05) is 6.61 Å². The maximum atomic E-state index is 13.0. The van der Waals surface area contributed by atoms with Gasteiger partial charge in [-0.2, -0.15) is 0 Å². The van der Waals surface area contributed by atoms with Crippen molar-refractivity contribution in [1.82, 2.24) is 9.55 Å². The Bertz CT molecular complexity index is 1450. The van der Waals surface area contributed by atoms with Crippen molar-refractivity contribution in [3.8, 4) is 0 Å². The summed E-state index contributed by atoms with van der Waals surface area (Å²) in [5, 5.41) is 0. The molecule has 4 atom stereocenters. The highest BCUT2D eigenvalue weighted by Gasteiger charge is 2.51. The minimum atomic E-state index is -1.17. The molecule has 4 rings (SSSR count). The Morgan fingerprint density at radius 1 is 0.895 bits per heavy atom. The number of nitrogens with one attached hydrogen (secondary N) is 1. The highest BCUT2D eigenvalue weighted by Crippen LogP contribution is 2.35. The minimum absolute atomic E-state index is 0.000522. The van der Waals surface area contributed by atoms with Crippen LogP contribution in [0, 0.1) is 18.6 Å². The number of hydrogen-bond acceptors (Lipinski definition) is 9. The van der Waals surface area contributed by atoms with Gasteiger partial charge in [0.15, 0.2) is 23.2 Å². The number of aromatic nitrogens is 2. The van der Waals surface area contributed by atoms with E-state index in [1.165, 1.54) is 23.8 Å². The molecular formula is C27H26N2O8S. The Morgan fingerprint density at radius 2 is 1.47 bits per heavy atom. The summed E-state index contributed by atoms with van der Waals surface area (Å²) < 4.78 is 24.3. The zero-order valence-corrected chi connectivity index (χ0v) is 21.7. The Hall–Kier alpha value is -4.09. The van der Waals surface area contributed by atoms with Crippen LogP contribution >= 0.6 is 12.2 Å². The second-order valence-corrected chi connectivity index (χ2v) is 9.24. The third-order valence-electron chi connectivity index (χ3n) is 5.91. The van der Waals surface area contributed by atoms with Gasteiger partial charge in [0, 0.05) is 19.2 Å². The van der Waals surface area contributed by atoms with E-state index in [0.717, 1.165) is 11.1 Å². The molecule has 2 aromatic carbocycles. The number of rotatable bonds is 7. The summed E-state index contributed by atoms with van der Waals surface area (Å²) in [6, 6.07) is 14.8. The first-order chi connectivity index (χ1) is 18.1. The van der Waals surface area contributed by atoms with Crippen LogP contribution in [0.25, 0.3) is 0 Å². The predicted octanol–water partition coefficient (Wildman–Crippen LogP) is 3.43. The Morgan fingerprint density at radius 3 is 2.03 bits per heavy atom. The van der Waals surface area contributed by atoms with E-state index in [4.69, 9.17) is 31.2 Å². The number of hydrogen-bond donors (Lipinski definition) is 1. The Kier molecular flexibility index (Phi) is 8.18. The van der Waals surface area contributed by atoms with Crippen molar-refractivity contribution in [1.29, 1.82) is 0 Å². The van der Waals surface area contributed by atoms with E-state index in [1.807, 2.05) is 13.8 Å². The van der Waals surface area contributed by atoms with Gasteiger partial charge in [-0.3, -0.25) is 19.1 Å². The quantitative estimate of drug-likeness (QED) is 0.273. The minimum Gasteiger partial charge on any atom is -0.459 e. The van der Waals surface area contributed by atoms with E-state index in [1.54, 1.807) is 48.5 Å². The fraction of sp³-hybridized carbons (Fsp3) is 0.296. The second kappa shape index (κ2) is 11.5. The molecule has 0 aliphatic carbocycles. The average Bonchev–Trinajstić information content (AvgIpc) is 3.19. The molecule has 1 saturated heterocycles. The summed E-state index contributed by atoms with van der Waals surface area (Å²) in [6.45, 7) is 4.66. The number of benzene rings is 2. The number of aryl methyl sites for hydroxylation is 2. The maximum absolute atomic E-state index is 13.0. The first-order valence-electron chi connectivity index (χ1n) is 11.8. The van der Waals surface area contributed by atoms with Crippen molar-refractivity contribution in [2.45, 2.75) is 45.3 Å². The number of esters is 3. The van der Waals surface area contributed by atoms with Crippen LogP contribution in [0.1, 0.15) is 45.0 Å². The van der Waals surface area contributed by atoms with Crippen molar-refractivity contribution < 1.29 is 33.3 Å². The normalized spacial score (nSPS) is 20.5. The van der Waals surface area contributed by atoms with Gasteiger partial charge in [0.2, 0.25) is 0 Å². The van der Waals surface area contributed by atoms with E-state index in [9.17, 15) is 19.2 Å². The summed E-state index contributed by atoms with van der Waals surface area (Å²) in [7, 11) is 0. The van der Waals surface area contributed by atoms with E-state index in [0.29, 0.717) is 5.56 Å². The SMILES string of the molecule is CC(=O)O[C@@H]1[C@H](OC(=O)c2ccc(C)cc2)[C@@H](COC(=O)c2ccc(C)cc2)O[C@H]1n1ccc(=O)[nH]c1=S. The number of nitrogens with zero attached hydrogens (tertiary/aromatic N) is 1. The second-order valence-electron chi connectivity index (χ2n) is 8.86. The molecule has 0 unspecified atom stereocenters. The molecule has 198 valence electrons.